The van der Waals surface area contributed by atoms with Crippen molar-refractivity contribution in [3.63, 3.8) is 0 Å². The van der Waals surface area contributed by atoms with Crippen LogP contribution in [-0.4, -0.2) is 34.0 Å². The fraction of sp³-hybridized carbons (Fsp3) is 1.00. The molecule has 0 aromatic carbocycles. The van der Waals surface area contributed by atoms with Gasteiger partial charge in [-0.3, -0.25) is 0 Å². The van der Waals surface area contributed by atoms with Gasteiger partial charge in [-0.05, 0) is 0 Å². The van der Waals surface area contributed by atoms with Crippen molar-refractivity contribution >= 4 is 0 Å². The van der Waals surface area contributed by atoms with Crippen molar-refractivity contribution in [3.8, 4) is 0 Å². The molecule has 1 aliphatic carbocycles. The summed E-state index contributed by atoms with van der Waals surface area (Å²) in [6.07, 6.45) is 9.00. The summed E-state index contributed by atoms with van der Waals surface area (Å²) in [5.74, 6) is 0. The SMILES string of the molecule is C1CCCCC1.OCO.OCO. The van der Waals surface area contributed by atoms with E-state index in [0.717, 1.165) is 0 Å². The van der Waals surface area contributed by atoms with Gasteiger partial charge in [0.15, 0.2) is 0 Å². The maximum Gasteiger partial charge on any atom is 0.140 e. The van der Waals surface area contributed by atoms with Gasteiger partial charge in [-0.2, -0.15) is 0 Å². The van der Waals surface area contributed by atoms with Gasteiger partial charge in [0, 0.05) is 0 Å². The summed E-state index contributed by atoms with van der Waals surface area (Å²) >= 11 is 0. The summed E-state index contributed by atoms with van der Waals surface area (Å²) in [4.78, 5) is 0. The average molecular weight is 180 g/mol. The lowest BCUT2D eigenvalue weighted by molar-refractivity contribution is 0.0767. The molecule has 4 heteroatoms. The molecule has 0 unspecified atom stereocenters. The van der Waals surface area contributed by atoms with Crippen molar-refractivity contribution in [2.45, 2.75) is 38.5 Å². The van der Waals surface area contributed by atoms with E-state index in [2.05, 4.69) is 0 Å². The van der Waals surface area contributed by atoms with Gasteiger partial charge >= 0.3 is 0 Å². The molecule has 1 saturated carbocycles. The van der Waals surface area contributed by atoms with Crippen molar-refractivity contribution in [2.75, 3.05) is 13.6 Å². The third-order valence-electron chi connectivity index (χ3n) is 1.50. The maximum absolute atomic E-state index is 7.12. The third kappa shape index (κ3) is 22.5. The Bertz CT molecular complexity index is 41.5. The number of aliphatic hydroxyl groups excluding tert-OH is 2. The standard InChI is InChI=1S/C6H12.2CH4O2/c1-2-4-6-5-3-1;2*2-1-3/h1-6H2;2*2-3H,1H2. The quantitative estimate of drug-likeness (QED) is 0.401. The van der Waals surface area contributed by atoms with Crippen molar-refractivity contribution in [1.29, 1.82) is 0 Å². The van der Waals surface area contributed by atoms with Crippen LogP contribution in [0, 0.1) is 0 Å². The maximum atomic E-state index is 7.12. The Morgan fingerprint density at radius 2 is 0.583 bits per heavy atom. The molecule has 0 amide bonds. The van der Waals surface area contributed by atoms with E-state index >= 15 is 0 Å². The first-order valence-corrected chi connectivity index (χ1v) is 4.26. The Balaban J connectivity index is 0. The van der Waals surface area contributed by atoms with E-state index in [-0.39, 0.29) is 0 Å². The highest BCUT2D eigenvalue weighted by Crippen LogP contribution is 2.15. The zero-order chi connectivity index (χ0) is 9.66. The minimum Gasteiger partial charge on any atom is -0.371 e. The van der Waals surface area contributed by atoms with Gasteiger partial charge in [-0.15, -0.1) is 0 Å². The summed E-state index contributed by atoms with van der Waals surface area (Å²) in [5, 5.41) is 28.5. The Morgan fingerprint density at radius 1 is 0.500 bits per heavy atom. The first-order chi connectivity index (χ1) is 5.83. The molecule has 12 heavy (non-hydrogen) atoms. The highest BCUT2D eigenvalue weighted by Gasteiger charge is 1.95. The van der Waals surface area contributed by atoms with Crippen LogP contribution in [0.15, 0.2) is 0 Å². The second kappa shape index (κ2) is 17.1. The minimum absolute atomic E-state index is 0.750. The summed E-state index contributed by atoms with van der Waals surface area (Å²) < 4.78 is 0. The van der Waals surface area contributed by atoms with Gasteiger partial charge in [0.25, 0.3) is 0 Å². The molecule has 4 nitrogen and oxygen atoms in total. The molecule has 0 radical (unpaired) electrons. The Kier molecular flexibility index (Phi) is 20.4. The molecule has 1 fully saturated rings. The lowest BCUT2D eigenvalue weighted by Gasteiger charge is -2.05. The van der Waals surface area contributed by atoms with E-state index in [1.165, 1.54) is 38.5 Å². The second-order valence-electron chi connectivity index (χ2n) is 2.40. The fourth-order valence-corrected chi connectivity index (χ4v) is 1.06. The minimum atomic E-state index is -0.750. The van der Waals surface area contributed by atoms with E-state index in [1.54, 1.807) is 0 Å². The van der Waals surface area contributed by atoms with Gasteiger partial charge in [0.05, 0.1) is 0 Å². The molecule has 0 spiro atoms. The molecule has 1 rings (SSSR count). The van der Waals surface area contributed by atoms with Crippen LogP contribution >= 0.6 is 0 Å². The van der Waals surface area contributed by atoms with Gasteiger partial charge in [-0.1, -0.05) is 38.5 Å². The van der Waals surface area contributed by atoms with E-state index in [0.29, 0.717) is 0 Å². The van der Waals surface area contributed by atoms with Crippen LogP contribution in [0.1, 0.15) is 38.5 Å². The Morgan fingerprint density at radius 3 is 0.667 bits per heavy atom. The number of aliphatic hydroxyl groups is 4. The van der Waals surface area contributed by atoms with Crippen LogP contribution in [0.5, 0.6) is 0 Å². The zero-order valence-corrected chi connectivity index (χ0v) is 7.45. The van der Waals surface area contributed by atoms with Gasteiger partial charge in [-0.25, -0.2) is 0 Å². The molecule has 0 bridgehead atoms. The lowest BCUT2D eigenvalue weighted by atomic mass is 10.0. The Hall–Kier alpha value is -0.160. The molecule has 0 aliphatic heterocycles. The second-order valence-corrected chi connectivity index (χ2v) is 2.40. The van der Waals surface area contributed by atoms with Crippen LogP contribution in [0.3, 0.4) is 0 Å². The molecule has 0 atom stereocenters. The van der Waals surface area contributed by atoms with Crippen LogP contribution in [0.2, 0.25) is 0 Å². The summed E-state index contributed by atoms with van der Waals surface area (Å²) in [5.41, 5.74) is 0. The van der Waals surface area contributed by atoms with E-state index < -0.39 is 13.6 Å². The van der Waals surface area contributed by atoms with Gasteiger partial charge in [0.2, 0.25) is 0 Å². The van der Waals surface area contributed by atoms with Crippen LogP contribution < -0.4 is 0 Å². The monoisotopic (exact) mass is 180 g/mol. The molecule has 76 valence electrons. The molecule has 4 N–H and O–H groups in total. The number of hydrogen-bond acceptors (Lipinski definition) is 4. The number of hydrogen-bond donors (Lipinski definition) is 4. The van der Waals surface area contributed by atoms with Crippen molar-refractivity contribution in [3.05, 3.63) is 0 Å². The third-order valence-corrected chi connectivity index (χ3v) is 1.50. The summed E-state index contributed by atoms with van der Waals surface area (Å²) in [6, 6.07) is 0. The van der Waals surface area contributed by atoms with Crippen LogP contribution in [0.25, 0.3) is 0 Å². The molecular formula is C8H20O4. The molecule has 0 aromatic heterocycles. The van der Waals surface area contributed by atoms with E-state index in [9.17, 15) is 0 Å². The Labute approximate surface area is 73.5 Å². The largest absolute Gasteiger partial charge is 0.371 e. The predicted molar refractivity (Wildman–Crippen MR) is 46.3 cm³/mol. The summed E-state index contributed by atoms with van der Waals surface area (Å²) in [7, 11) is 0. The summed E-state index contributed by atoms with van der Waals surface area (Å²) in [6.45, 7) is -1.50. The smallest absolute Gasteiger partial charge is 0.140 e. The van der Waals surface area contributed by atoms with Crippen LogP contribution in [-0.2, 0) is 0 Å². The molecular weight excluding hydrogens is 160 g/mol. The normalized spacial score (nSPS) is 15.0. The molecule has 1 aliphatic rings. The highest BCUT2D eigenvalue weighted by molar-refractivity contribution is 4.51. The van der Waals surface area contributed by atoms with Crippen molar-refractivity contribution in [2.24, 2.45) is 0 Å². The van der Waals surface area contributed by atoms with E-state index in [1.807, 2.05) is 0 Å². The van der Waals surface area contributed by atoms with Crippen molar-refractivity contribution < 1.29 is 20.4 Å². The highest BCUT2D eigenvalue weighted by atomic mass is 16.5. The predicted octanol–water partition coefficient (Wildman–Crippen LogP) is 0.198. The molecule has 0 heterocycles. The first-order valence-electron chi connectivity index (χ1n) is 4.26. The molecule has 0 aromatic rings. The topological polar surface area (TPSA) is 80.9 Å². The van der Waals surface area contributed by atoms with Gasteiger partial charge < -0.3 is 20.4 Å². The number of rotatable bonds is 0. The first kappa shape index (κ1) is 14.4. The zero-order valence-electron chi connectivity index (χ0n) is 7.45. The van der Waals surface area contributed by atoms with Crippen LogP contribution in [0.4, 0.5) is 0 Å². The fourth-order valence-electron chi connectivity index (χ4n) is 1.06. The van der Waals surface area contributed by atoms with E-state index in [4.69, 9.17) is 20.4 Å². The van der Waals surface area contributed by atoms with Gasteiger partial charge in [0.1, 0.15) is 13.6 Å². The molecule has 0 saturated heterocycles. The average Bonchev–Trinajstić information content (AvgIpc) is 2.10. The lowest BCUT2D eigenvalue weighted by Crippen LogP contribution is -1.85. The van der Waals surface area contributed by atoms with Crippen molar-refractivity contribution in [1.82, 2.24) is 0 Å².